The number of anilines is 1. The van der Waals surface area contributed by atoms with Crippen molar-refractivity contribution in [3.63, 3.8) is 0 Å². The largest absolute Gasteiger partial charge is 0.325 e. The lowest BCUT2D eigenvalue weighted by Crippen LogP contribution is -2.31. The Balaban J connectivity index is 2.53. The van der Waals surface area contributed by atoms with Gasteiger partial charge in [-0.2, -0.15) is 0 Å². The van der Waals surface area contributed by atoms with E-state index in [1.54, 1.807) is 0 Å². The number of pyridine rings is 1. The predicted octanol–water partition coefficient (Wildman–Crippen LogP) is -0.433. The van der Waals surface area contributed by atoms with Gasteiger partial charge >= 0.3 is 5.69 Å². The minimum atomic E-state index is -4.08. The van der Waals surface area contributed by atoms with E-state index in [9.17, 15) is 18.0 Å². The molecule has 0 aromatic carbocycles. The molecule has 2 heterocycles. The second-order valence-corrected chi connectivity index (χ2v) is 5.32. The summed E-state index contributed by atoms with van der Waals surface area (Å²) in [5.41, 5.74) is -1.50. The zero-order valence-corrected chi connectivity index (χ0v) is 10.6. The van der Waals surface area contributed by atoms with Crippen molar-refractivity contribution < 1.29 is 8.42 Å². The van der Waals surface area contributed by atoms with Crippen LogP contribution in [0, 0.1) is 6.92 Å². The number of aromatic nitrogens is 3. The van der Waals surface area contributed by atoms with E-state index in [0.29, 0.717) is 0 Å². The molecular weight excluding hydrogens is 272 g/mol. The lowest BCUT2D eigenvalue weighted by atomic mass is 10.4. The Kier molecular flexibility index (Phi) is 3.21. The predicted molar refractivity (Wildman–Crippen MR) is 67.5 cm³/mol. The maximum Gasteiger partial charge on any atom is 0.325 e. The Hall–Kier alpha value is -2.42. The maximum atomic E-state index is 12.1. The molecule has 0 aliphatic rings. The van der Waals surface area contributed by atoms with Gasteiger partial charge in [-0.3, -0.25) is 19.5 Å². The van der Waals surface area contributed by atoms with Gasteiger partial charge < -0.3 is 4.98 Å². The molecule has 2 aromatic heterocycles. The fourth-order valence-corrected chi connectivity index (χ4v) is 2.84. The second kappa shape index (κ2) is 4.69. The lowest BCUT2D eigenvalue weighted by Gasteiger charge is -2.08. The Morgan fingerprint density at radius 3 is 2.37 bits per heavy atom. The minimum absolute atomic E-state index is 0.0321. The SMILES string of the molecule is Cc1[nH]c(=O)[nH]c(=O)c1S(=O)(=O)Nc1ccncc1. The van der Waals surface area contributed by atoms with E-state index >= 15 is 0 Å². The number of aromatic amines is 2. The van der Waals surface area contributed by atoms with Crippen LogP contribution in [0.5, 0.6) is 0 Å². The Morgan fingerprint density at radius 1 is 1.16 bits per heavy atom. The van der Waals surface area contributed by atoms with Gasteiger partial charge in [0.15, 0.2) is 4.90 Å². The smallest absolute Gasteiger partial charge is 0.310 e. The summed E-state index contributed by atoms with van der Waals surface area (Å²) in [6.45, 7) is 1.33. The van der Waals surface area contributed by atoms with Gasteiger partial charge in [-0.25, -0.2) is 13.2 Å². The third-order valence-electron chi connectivity index (χ3n) is 2.28. The van der Waals surface area contributed by atoms with E-state index in [2.05, 4.69) is 14.7 Å². The topological polar surface area (TPSA) is 125 Å². The van der Waals surface area contributed by atoms with Crippen LogP contribution in [0.4, 0.5) is 5.69 Å². The van der Waals surface area contributed by atoms with Crippen LogP contribution in [-0.4, -0.2) is 23.4 Å². The first kappa shape index (κ1) is 13.0. The molecule has 0 saturated carbocycles. The normalized spacial score (nSPS) is 11.2. The van der Waals surface area contributed by atoms with E-state index in [4.69, 9.17) is 0 Å². The molecule has 9 heteroatoms. The third-order valence-corrected chi connectivity index (χ3v) is 3.81. The zero-order valence-electron chi connectivity index (χ0n) is 9.80. The Labute approximate surface area is 107 Å². The van der Waals surface area contributed by atoms with Gasteiger partial charge in [0.25, 0.3) is 15.6 Å². The first-order chi connectivity index (χ1) is 8.90. The van der Waals surface area contributed by atoms with Crippen LogP contribution in [0.25, 0.3) is 0 Å². The number of hydrogen-bond donors (Lipinski definition) is 3. The van der Waals surface area contributed by atoms with Gasteiger partial charge in [-0.15, -0.1) is 0 Å². The van der Waals surface area contributed by atoms with Gasteiger partial charge in [0.1, 0.15) is 0 Å². The van der Waals surface area contributed by atoms with Gasteiger partial charge in [0.2, 0.25) is 0 Å². The summed E-state index contributed by atoms with van der Waals surface area (Å²) in [7, 11) is -4.08. The first-order valence-electron chi connectivity index (χ1n) is 5.16. The van der Waals surface area contributed by atoms with E-state index in [1.165, 1.54) is 31.5 Å². The highest BCUT2D eigenvalue weighted by atomic mass is 32.2. The van der Waals surface area contributed by atoms with Crippen molar-refractivity contribution in [2.24, 2.45) is 0 Å². The van der Waals surface area contributed by atoms with Crippen LogP contribution in [0.1, 0.15) is 5.69 Å². The highest BCUT2D eigenvalue weighted by Crippen LogP contribution is 2.12. The molecule has 0 aliphatic carbocycles. The van der Waals surface area contributed by atoms with E-state index in [0.717, 1.165) is 0 Å². The molecular formula is C10H10N4O4S. The Morgan fingerprint density at radius 2 is 1.79 bits per heavy atom. The maximum absolute atomic E-state index is 12.1. The number of H-pyrrole nitrogens is 2. The fraction of sp³-hybridized carbons (Fsp3) is 0.100. The number of hydrogen-bond acceptors (Lipinski definition) is 5. The van der Waals surface area contributed by atoms with Crippen molar-refractivity contribution in [1.29, 1.82) is 0 Å². The molecule has 100 valence electrons. The summed E-state index contributed by atoms with van der Waals surface area (Å²) in [5, 5.41) is 0. The molecule has 0 fully saturated rings. The molecule has 0 unspecified atom stereocenters. The van der Waals surface area contributed by atoms with Crippen molar-refractivity contribution in [3.8, 4) is 0 Å². The molecule has 0 saturated heterocycles. The number of nitrogens with one attached hydrogen (secondary N) is 3. The summed E-state index contributed by atoms with van der Waals surface area (Å²) >= 11 is 0. The van der Waals surface area contributed by atoms with Crippen LogP contribution < -0.4 is 16.0 Å². The molecule has 2 aromatic rings. The summed E-state index contributed by atoms with van der Waals surface area (Å²) in [5.74, 6) is 0. The van der Waals surface area contributed by atoms with Crippen molar-refractivity contribution in [3.05, 3.63) is 51.1 Å². The summed E-state index contributed by atoms with van der Waals surface area (Å²) in [4.78, 5) is 29.9. The molecule has 0 radical (unpaired) electrons. The quantitative estimate of drug-likeness (QED) is 0.704. The van der Waals surface area contributed by atoms with Crippen LogP contribution in [-0.2, 0) is 10.0 Å². The van der Waals surface area contributed by atoms with Crippen molar-refractivity contribution in [2.45, 2.75) is 11.8 Å². The molecule has 0 bridgehead atoms. The number of nitrogens with zero attached hydrogens (tertiary/aromatic N) is 1. The molecule has 0 spiro atoms. The Bertz CT molecular complexity index is 807. The zero-order chi connectivity index (χ0) is 14.0. The van der Waals surface area contributed by atoms with E-state index in [-0.39, 0.29) is 11.4 Å². The van der Waals surface area contributed by atoms with Gasteiger partial charge in [0.05, 0.1) is 5.69 Å². The van der Waals surface area contributed by atoms with Crippen LogP contribution in [0.3, 0.4) is 0 Å². The number of aryl methyl sites for hydroxylation is 1. The van der Waals surface area contributed by atoms with Crippen molar-refractivity contribution >= 4 is 15.7 Å². The summed E-state index contributed by atoms with van der Waals surface area (Å²) in [6.07, 6.45) is 2.81. The summed E-state index contributed by atoms with van der Waals surface area (Å²) < 4.78 is 26.4. The standard InChI is InChI=1S/C10H10N4O4S/c1-6-8(9(15)13-10(16)12-6)19(17,18)14-7-2-4-11-5-3-7/h2-5H,1H3,(H,11,14)(H2,12,13,15,16). The average molecular weight is 282 g/mol. The monoisotopic (exact) mass is 282 g/mol. The van der Waals surface area contributed by atoms with Crippen molar-refractivity contribution in [2.75, 3.05) is 4.72 Å². The number of sulfonamides is 1. The number of rotatable bonds is 3. The van der Waals surface area contributed by atoms with E-state index < -0.39 is 26.2 Å². The molecule has 19 heavy (non-hydrogen) atoms. The van der Waals surface area contributed by atoms with E-state index in [1.807, 2.05) is 4.98 Å². The average Bonchev–Trinajstić information content (AvgIpc) is 2.27. The third kappa shape index (κ3) is 2.71. The highest BCUT2D eigenvalue weighted by molar-refractivity contribution is 7.92. The highest BCUT2D eigenvalue weighted by Gasteiger charge is 2.22. The minimum Gasteiger partial charge on any atom is -0.310 e. The van der Waals surface area contributed by atoms with Gasteiger partial charge in [0, 0.05) is 18.1 Å². The van der Waals surface area contributed by atoms with Gasteiger partial charge in [-0.05, 0) is 19.1 Å². The van der Waals surface area contributed by atoms with Crippen LogP contribution in [0.15, 0.2) is 39.0 Å². The summed E-state index contributed by atoms with van der Waals surface area (Å²) in [6, 6.07) is 2.87. The molecule has 0 aliphatic heterocycles. The van der Waals surface area contributed by atoms with Crippen LogP contribution in [0.2, 0.25) is 0 Å². The molecule has 2 rings (SSSR count). The molecule has 3 N–H and O–H groups in total. The lowest BCUT2D eigenvalue weighted by molar-refractivity contribution is 0.598. The first-order valence-corrected chi connectivity index (χ1v) is 6.64. The van der Waals surface area contributed by atoms with Crippen LogP contribution >= 0.6 is 0 Å². The molecule has 0 amide bonds. The van der Waals surface area contributed by atoms with Gasteiger partial charge in [-0.1, -0.05) is 0 Å². The van der Waals surface area contributed by atoms with Crippen molar-refractivity contribution in [1.82, 2.24) is 15.0 Å². The molecule has 0 atom stereocenters. The molecule has 8 nitrogen and oxygen atoms in total. The second-order valence-electron chi connectivity index (χ2n) is 3.70. The fourth-order valence-electron chi connectivity index (χ4n) is 1.54.